The molecule has 1 aromatic carbocycles. The summed E-state index contributed by atoms with van der Waals surface area (Å²) < 4.78 is 13.3. The number of benzene rings is 1. The van der Waals surface area contributed by atoms with Crippen LogP contribution in [0.15, 0.2) is 18.2 Å². The number of fused-ring (bicyclic) bond motifs is 3. The van der Waals surface area contributed by atoms with E-state index in [4.69, 9.17) is 5.73 Å². The Bertz CT molecular complexity index is 530. The lowest BCUT2D eigenvalue weighted by atomic mass is 9.85. The topological polar surface area (TPSA) is 41.8 Å². The maximum absolute atomic E-state index is 13.3. The molecule has 2 aromatic rings. The summed E-state index contributed by atoms with van der Waals surface area (Å²) in [5.41, 5.74) is 9.34. The van der Waals surface area contributed by atoms with Crippen molar-refractivity contribution in [3.8, 4) is 0 Å². The van der Waals surface area contributed by atoms with Crippen molar-refractivity contribution in [2.45, 2.75) is 25.2 Å². The van der Waals surface area contributed by atoms with Gasteiger partial charge in [0, 0.05) is 16.6 Å². The van der Waals surface area contributed by atoms with E-state index in [-0.39, 0.29) is 5.82 Å². The van der Waals surface area contributed by atoms with Crippen LogP contribution in [0.3, 0.4) is 0 Å². The molecule has 0 radical (unpaired) electrons. The first-order valence-electron chi connectivity index (χ1n) is 5.79. The predicted octanol–water partition coefficient (Wildman–Crippen LogP) is 2.69. The van der Waals surface area contributed by atoms with Gasteiger partial charge in [-0.15, -0.1) is 0 Å². The van der Waals surface area contributed by atoms with Gasteiger partial charge in [-0.05, 0) is 55.5 Å². The van der Waals surface area contributed by atoms with Crippen molar-refractivity contribution in [2.75, 3.05) is 6.54 Å². The highest BCUT2D eigenvalue weighted by Gasteiger charge is 2.23. The van der Waals surface area contributed by atoms with Crippen molar-refractivity contribution in [2.24, 2.45) is 5.73 Å². The van der Waals surface area contributed by atoms with E-state index in [0.717, 1.165) is 23.7 Å². The lowest BCUT2D eigenvalue weighted by molar-refractivity contribution is 0.560. The van der Waals surface area contributed by atoms with Crippen LogP contribution in [0.25, 0.3) is 10.9 Å². The summed E-state index contributed by atoms with van der Waals surface area (Å²) in [5, 5.41) is 1.02. The molecular weight excluding hydrogens is 203 g/mol. The molecule has 0 amide bonds. The highest BCUT2D eigenvalue weighted by atomic mass is 19.1. The van der Waals surface area contributed by atoms with E-state index in [1.807, 2.05) is 6.07 Å². The van der Waals surface area contributed by atoms with Crippen molar-refractivity contribution in [3.05, 3.63) is 35.3 Å². The molecular formula is C13H15FN2. The predicted molar refractivity (Wildman–Crippen MR) is 63.0 cm³/mol. The number of aromatic nitrogens is 1. The van der Waals surface area contributed by atoms with Crippen LogP contribution < -0.4 is 5.73 Å². The second-order valence-electron chi connectivity index (χ2n) is 4.53. The van der Waals surface area contributed by atoms with Gasteiger partial charge < -0.3 is 10.7 Å². The average Bonchev–Trinajstić information content (AvgIpc) is 2.66. The van der Waals surface area contributed by atoms with Gasteiger partial charge in [0.1, 0.15) is 5.82 Å². The van der Waals surface area contributed by atoms with Crippen LogP contribution in [0, 0.1) is 5.82 Å². The molecule has 0 bridgehead atoms. The Morgan fingerprint density at radius 3 is 3.12 bits per heavy atom. The molecule has 1 aliphatic rings. The van der Waals surface area contributed by atoms with Gasteiger partial charge in [0.25, 0.3) is 0 Å². The average molecular weight is 218 g/mol. The molecule has 1 heterocycles. The lowest BCUT2D eigenvalue weighted by Gasteiger charge is -2.21. The summed E-state index contributed by atoms with van der Waals surface area (Å²) in [6.45, 7) is 0.649. The lowest BCUT2D eigenvalue weighted by Crippen LogP contribution is -2.17. The molecule has 0 saturated heterocycles. The minimum atomic E-state index is -0.171. The molecule has 0 aliphatic heterocycles. The van der Waals surface area contributed by atoms with Gasteiger partial charge in [-0.1, -0.05) is 0 Å². The Hall–Kier alpha value is -1.35. The summed E-state index contributed by atoms with van der Waals surface area (Å²) in [7, 11) is 0. The minimum absolute atomic E-state index is 0.171. The number of hydrogen-bond acceptors (Lipinski definition) is 1. The zero-order valence-corrected chi connectivity index (χ0v) is 9.09. The molecule has 2 nitrogen and oxygen atoms in total. The van der Waals surface area contributed by atoms with E-state index in [1.165, 1.54) is 23.7 Å². The van der Waals surface area contributed by atoms with Crippen LogP contribution in [0.5, 0.6) is 0 Å². The second kappa shape index (κ2) is 3.59. The van der Waals surface area contributed by atoms with Gasteiger partial charge in [0.15, 0.2) is 0 Å². The van der Waals surface area contributed by atoms with E-state index < -0.39 is 0 Å². The minimum Gasteiger partial charge on any atom is -0.358 e. The molecule has 16 heavy (non-hydrogen) atoms. The highest BCUT2D eigenvalue weighted by Crippen LogP contribution is 2.36. The fourth-order valence-electron chi connectivity index (χ4n) is 2.81. The second-order valence-corrected chi connectivity index (χ2v) is 4.53. The van der Waals surface area contributed by atoms with Crippen LogP contribution in [-0.4, -0.2) is 11.5 Å². The monoisotopic (exact) mass is 218 g/mol. The van der Waals surface area contributed by atoms with Crippen molar-refractivity contribution < 1.29 is 4.39 Å². The molecule has 3 rings (SSSR count). The van der Waals surface area contributed by atoms with Crippen LogP contribution in [0.2, 0.25) is 0 Å². The Morgan fingerprint density at radius 1 is 1.44 bits per heavy atom. The largest absolute Gasteiger partial charge is 0.358 e. The van der Waals surface area contributed by atoms with Gasteiger partial charge >= 0.3 is 0 Å². The molecule has 1 atom stereocenters. The van der Waals surface area contributed by atoms with Crippen LogP contribution >= 0.6 is 0 Å². The molecule has 3 N–H and O–H groups in total. The zero-order chi connectivity index (χ0) is 11.1. The zero-order valence-electron chi connectivity index (χ0n) is 9.09. The first kappa shape index (κ1) is 9.85. The van der Waals surface area contributed by atoms with E-state index in [2.05, 4.69) is 4.98 Å². The van der Waals surface area contributed by atoms with Gasteiger partial charge in [0.2, 0.25) is 0 Å². The van der Waals surface area contributed by atoms with E-state index in [0.29, 0.717) is 12.5 Å². The third-order valence-corrected chi connectivity index (χ3v) is 3.55. The quantitative estimate of drug-likeness (QED) is 0.759. The first-order valence-corrected chi connectivity index (χ1v) is 5.79. The summed E-state index contributed by atoms with van der Waals surface area (Å²) in [5.74, 6) is 0.218. The van der Waals surface area contributed by atoms with Crippen molar-refractivity contribution in [1.82, 2.24) is 4.98 Å². The molecule has 0 saturated carbocycles. The third-order valence-electron chi connectivity index (χ3n) is 3.55. The summed E-state index contributed by atoms with van der Waals surface area (Å²) >= 11 is 0. The molecule has 1 aromatic heterocycles. The fourth-order valence-corrected chi connectivity index (χ4v) is 2.81. The maximum Gasteiger partial charge on any atom is 0.123 e. The van der Waals surface area contributed by atoms with E-state index in [1.54, 1.807) is 6.07 Å². The van der Waals surface area contributed by atoms with Crippen molar-refractivity contribution >= 4 is 10.9 Å². The number of H-pyrrole nitrogens is 1. The number of nitrogens with one attached hydrogen (secondary N) is 1. The molecule has 84 valence electrons. The third kappa shape index (κ3) is 1.35. The standard InChI is InChI=1S/C13H15FN2/c14-9-4-5-11-10(6-9)13-8(7-15)2-1-3-12(13)16-11/h4-6,8,16H,1-3,7,15H2. The number of aryl methyl sites for hydroxylation is 1. The fraction of sp³-hybridized carbons (Fsp3) is 0.385. The number of aromatic amines is 1. The van der Waals surface area contributed by atoms with Crippen LogP contribution in [-0.2, 0) is 6.42 Å². The Morgan fingerprint density at radius 2 is 2.31 bits per heavy atom. The summed E-state index contributed by atoms with van der Waals surface area (Å²) in [4.78, 5) is 3.39. The smallest absolute Gasteiger partial charge is 0.123 e. The Labute approximate surface area is 93.6 Å². The van der Waals surface area contributed by atoms with E-state index >= 15 is 0 Å². The van der Waals surface area contributed by atoms with Gasteiger partial charge in [0.05, 0.1) is 0 Å². The molecule has 0 spiro atoms. The summed E-state index contributed by atoms with van der Waals surface area (Å²) in [6.07, 6.45) is 3.35. The number of nitrogens with two attached hydrogens (primary N) is 1. The SMILES string of the molecule is NCC1CCCc2[nH]c3ccc(F)cc3c21. The van der Waals surface area contributed by atoms with Gasteiger partial charge in [-0.2, -0.15) is 0 Å². The van der Waals surface area contributed by atoms with Crippen molar-refractivity contribution in [3.63, 3.8) is 0 Å². The van der Waals surface area contributed by atoms with Gasteiger partial charge in [-0.25, -0.2) is 4.39 Å². The number of hydrogen-bond donors (Lipinski definition) is 2. The Kier molecular flexibility index (Phi) is 2.21. The van der Waals surface area contributed by atoms with Crippen LogP contribution in [0.1, 0.15) is 30.0 Å². The Balaban J connectivity index is 2.27. The van der Waals surface area contributed by atoms with Crippen molar-refractivity contribution in [1.29, 1.82) is 0 Å². The first-order chi connectivity index (χ1) is 7.79. The maximum atomic E-state index is 13.3. The highest BCUT2D eigenvalue weighted by molar-refractivity contribution is 5.85. The number of halogens is 1. The molecule has 3 heteroatoms. The number of rotatable bonds is 1. The van der Waals surface area contributed by atoms with E-state index in [9.17, 15) is 4.39 Å². The van der Waals surface area contributed by atoms with Gasteiger partial charge in [-0.3, -0.25) is 0 Å². The summed E-state index contributed by atoms with van der Waals surface area (Å²) in [6, 6.07) is 4.94. The molecule has 1 aliphatic carbocycles. The molecule has 1 unspecified atom stereocenters. The normalized spacial score (nSPS) is 20.0. The molecule has 0 fully saturated rings. The van der Waals surface area contributed by atoms with Crippen LogP contribution in [0.4, 0.5) is 4.39 Å².